The molecule has 1 fully saturated rings. The number of nitriles is 1. The summed E-state index contributed by atoms with van der Waals surface area (Å²) < 4.78 is 5.25. The summed E-state index contributed by atoms with van der Waals surface area (Å²) in [4.78, 5) is 42.0. The number of Topliss-reactive ketones (excluding diaryl/α,β-unsaturated/α-hetero) is 1. The lowest BCUT2D eigenvalue weighted by molar-refractivity contribution is 0.0474. The standard InChI is InChI=1S/C26H21N3O4S/c1-34-25-21(14-27)20(13-22(29-25)16-7-8-16)26(32)33-15-23(30)17-9-11-19(12-10-17)28-24(31)18-5-3-2-4-6-18/h2-6,9-13,16H,7-8,15H2,1H3,(H,28,31). The minimum Gasteiger partial charge on any atom is -0.454 e. The second-order valence-corrected chi connectivity index (χ2v) is 8.56. The van der Waals surface area contributed by atoms with E-state index in [1.165, 1.54) is 11.8 Å². The van der Waals surface area contributed by atoms with Crippen LogP contribution in [0.5, 0.6) is 0 Å². The summed E-state index contributed by atoms with van der Waals surface area (Å²) in [6.07, 6.45) is 3.80. The molecule has 34 heavy (non-hydrogen) atoms. The molecule has 0 aliphatic heterocycles. The first-order chi connectivity index (χ1) is 16.5. The van der Waals surface area contributed by atoms with Crippen molar-refractivity contribution < 1.29 is 19.1 Å². The molecule has 1 aromatic heterocycles. The number of pyridine rings is 1. The van der Waals surface area contributed by atoms with Crippen LogP contribution in [0.25, 0.3) is 0 Å². The van der Waals surface area contributed by atoms with Gasteiger partial charge in [0.1, 0.15) is 11.1 Å². The average Bonchev–Trinajstić information content (AvgIpc) is 3.72. The first-order valence-electron chi connectivity index (χ1n) is 10.7. The number of hydrogen-bond acceptors (Lipinski definition) is 7. The molecule has 0 radical (unpaired) electrons. The van der Waals surface area contributed by atoms with E-state index in [9.17, 15) is 19.6 Å². The first kappa shape index (κ1) is 23.2. The van der Waals surface area contributed by atoms with Gasteiger partial charge in [-0.3, -0.25) is 9.59 Å². The number of nitrogens with one attached hydrogen (secondary N) is 1. The molecule has 0 atom stereocenters. The van der Waals surface area contributed by atoms with Crippen molar-refractivity contribution in [3.63, 3.8) is 0 Å². The molecule has 4 rings (SSSR count). The lowest BCUT2D eigenvalue weighted by atomic mass is 10.1. The Balaban J connectivity index is 1.40. The van der Waals surface area contributed by atoms with Gasteiger partial charge in [0.15, 0.2) is 12.4 Å². The third-order valence-electron chi connectivity index (χ3n) is 5.36. The van der Waals surface area contributed by atoms with E-state index in [-0.39, 0.29) is 17.0 Å². The number of thioether (sulfide) groups is 1. The largest absolute Gasteiger partial charge is 0.454 e. The number of carbonyl (C=O) groups is 3. The van der Waals surface area contributed by atoms with Crippen LogP contribution in [0.4, 0.5) is 5.69 Å². The topological polar surface area (TPSA) is 109 Å². The maximum Gasteiger partial charge on any atom is 0.340 e. The fourth-order valence-corrected chi connectivity index (χ4v) is 3.93. The minimum absolute atomic E-state index is 0.135. The number of aromatic nitrogens is 1. The lowest BCUT2D eigenvalue weighted by Crippen LogP contribution is -2.16. The van der Waals surface area contributed by atoms with Crippen LogP contribution in [0.2, 0.25) is 0 Å². The predicted octanol–water partition coefficient (Wildman–Crippen LogP) is 4.84. The molecule has 1 N–H and O–H groups in total. The molecule has 8 heteroatoms. The van der Waals surface area contributed by atoms with Crippen LogP contribution in [0.15, 0.2) is 65.7 Å². The highest BCUT2D eigenvalue weighted by Crippen LogP contribution is 2.40. The summed E-state index contributed by atoms with van der Waals surface area (Å²) in [5.74, 6) is -1.08. The van der Waals surface area contributed by atoms with Gasteiger partial charge in [0.05, 0.1) is 11.1 Å². The maximum atomic E-state index is 12.7. The van der Waals surface area contributed by atoms with Crippen LogP contribution < -0.4 is 5.32 Å². The third-order valence-corrected chi connectivity index (χ3v) is 6.04. The molecule has 1 aliphatic carbocycles. The predicted molar refractivity (Wildman–Crippen MR) is 128 cm³/mol. The van der Waals surface area contributed by atoms with E-state index >= 15 is 0 Å². The molecule has 1 aliphatic rings. The van der Waals surface area contributed by atoms with Gasteiger partial charge in [-0.2, -0.15) is 5.26 Å². The Labute approximate surface area is 201 Å². The molecule has 1 heterocycles. The molecular weight excluding hydrogens is 450 g/mol. The number of hydrogen-bond donors (Lipinski definition) is 1. The highest BCUT2D eigenvalue weighted by molar-refractivity contribution is 7.98. The van der Waals surface area contributed by atoms with Crippen molar-refractivity contribution in [3.05, 3.63) is 88.6 Å². The average molecular weight is 472 g/mol. The Kier molecular flexibility index (Phi) is 7.04. The third kappa shape index (κ3) is 5.33. The van der Waals surface area contributed by atoms with Crippen molar-refractivity contribution in [2.24, 2.45) is 0 Å². The summed E-state index contributed by atoms with van der Waals surface area (Å²) >= 11 is 1.30. The van der Waals surface area contributed by atoms with Gasteiger partial charge in [-0.1, -0.05) is 18.2 Å². The normalized spacial score (nSPS) is 12.5. The van der Waals surface area contributed by atoms with Crippen molar-refractivity contribution in [1.82, 2.24) is 4.98 Å². The van der Waals surface area contributed by atoms with Crippen molar-refractivity contribution in [3.8, 4) is 6.07 Å². The van der Waals surface area contributed by atoms with Crippen molar-refractivity contribution >= 4 is 35.1 Å². The summed E-state index contributed by atoms with van der Waals surface area (Å²) in [7, 11) is 0. The molecule has 2 aromatic carbocycles. The highest BCUT2D eigenvalue weighted by Gasteiger charge is 2.29. The zero-order valence-electron chi connectivity index (χ0n) is 18.4. The number of esters is 1. The quantitative estimate of drug-likeness (QED) is 0.284. The van der Waals surface area contributed by atoms with Crippen molar-refractivity contribution in [2.45, 2.75) is 23.8 Å². The Morgan fingerprint density at radius 1 is 1.09 bits per heavy atom. The second-order valence-electron chi connectivity index (χ2n) is 7.76. The number of carbonyl (C=O) groups excluding carboxylic acids is 3. The summed E-state index contributed by atoms with van der Waals surface area (Å²) in [6, 6.07) is 18.8. The summed E-state index contributed by atoms with van der Waals surface area (Å²) in [5.41, 5.74) is 2.47. The molecule has 170 valence electrons. The van der Waals surface area contributed by atoms with Crippen molar-refractivity contribution in [1.29, 1.82) is 5.26 Å². The Morgan fingerprint density at radius 3 is 2.41 bits per heavy atom. The van der Waals surface area contributed by atoms with Gasteiger partial charge in [-0.05, 0) is 61.6 Å². The number of anilines is 1. The fourth-order valence-electron chi connectivity index (χ4n) is 3.37. The Hall–Kier alpha value is -3.96. The molecule has 0 unspecified atom stereocenters. The van der Waals surface area contributed by atoms with Gasteiger partial charge in [-0.25, -0.2) is 9.78 Å². The summed E-state index contributed by atoms with van der Waals surface area (Å²) in [5, 5.41) is 12.8. The van der Waals surface area contributed by atoms with Crippen LogP contribution in [-0.4, -0.2) is 35.5 Å². The number of ketones is 1. The lowest BCUT2D eigenvalue weighted by Gasteiger charge is -2.10. The van der Waals surface area contributed by atoms with E-state index < -0.39 is 18.4 Å². The fraction of sp³-hybridized carbons (Fsp3) is 0.192. The van der Waals surface area contributed by atoms with E-state index in [0.29, 0.717) is 27.8 Å². The van der Waals surface area contributed by atoms with E-state index in [0.717, 1.165) is 18.5 Å². The molecule has 0 saturated heterocycles. The number of benzene rings is 2. The van der Waals surface area contributed by atoms with Gasteiger partial charge in [-0.15, -0.1) is 11.8 Å². The van der Waals surface area contributed by atoms with Crippen LogP contribution in [-0.2, 0) is 4.74 Å². The molecule has 3 aromatic rings. The van der Waals surface area contributed by atoms with E-state index in [1.807, 2.05) is 12.1 Å². The van der Waals surface area contributed by atoms with Gasteiger partial charge in [0, 0.05) is 28.4 Å². The zero-order chi connectivity index (χ0) is 24.1. The van der Waals surface area contributed by atoms with Crippen LogP contribution in [0.3, 0.4) is 0 Å². The zero-order valence-corrected chi connectivity index (χ0v) is 19.2. The Morgan fingerprint density at radius 2 is 1.79 bits per heavy atom. The number of nitrogens with zero attached hydrogens (tertiary/aromatic N) is 2. The number of ether oxygens (including phenoxy) is 1. The first-order valence-corrected chi connectivity index (χ1v) is 11.9. The highest BCUT2D eigenvalue weighted by atomic mass is 32.2. The molecular formula is C26H21N3O4S. The SMILES string of the molecule is CSc1nc(C2CC2)cc(C(=O)OCC(=O)c2ccc(NC(=O)c3ccccc3)cc2)c1C#N. The van der Waals surface area contributed by atoms with Crippen LogP contribution in [0.1, 0.15) is 61.1 Å². The summed E-state index contributed by atoms with van der Waals surface area (Å²) in [6.45, 7) is -0.463. The molecule has 1 amide bonds. The van der Waals surface area contributed by atoms with Gasteiger partial charge < -0.3 is 10.1 Å². The monoisotopic (exact) mass is 471 g/mol. The minimum atomic E-state index is -0.726. The number of amides is 1. The second kappa shape index (κ2) is 10.3. The van der Waals surface area contributed by atoms with Crippen LogP contribution >= 0.6 is 11.8 Å². The van der Waals surface area contributed by atoms with E-state index in [4.69, 9.17) is 4.74 Å². The van der Waals surface area contributed by atoms with E-state index in [1.54, 1.807) is 60.9 Å². The maximum absolute atomic E-state index is 12.7. The Bertz CT molecular complexity index is 1280. The number of rotatable bonds is 8. The van der Waals surface area contributed by atoms with Crippen LogP contribution in [0, 0.1) is 11.3 Å². The van der Waals surface area contributed by atoms with Gasteiger partial charge in [0.25, 0.3) is 5.91 Å². The van der Waals surface area contributed by atoms with Gasteiger partial charge in [0.2, 0.25) is 0 Å². The molecule has 0 bridgehead atoms. The van der Waals surface area contributed by atoms with Crippen molar-refractivity contribution in [2.75, 3.05) is 18.2 Å². The van der Waals surface area contributed by atoms with E-state index in [2.05, 4.69) is 10.3 Å². The molecule has 1 saturated carbocycles. The smallest absolute Gasteiger partial charge is 0.340 e. The molecule has 7 nitrogen and oxygen atoms in total. The molecule has 0 spiro atoms. The van der Waals surface area contributed by atoms with Gasteiger partial charge >= 0.3 is 5.97 Å².